The van der Waals surface area contributed by atoms with Gasteiger partial charge in [-0.25, -0.2) is 4.79 Å². The zero-order valence-corrected chi connectivity index (χ0v) is 11.5. The molecule has 1 fully saturated rings. The molecule has 0 aromatic heterocycles. The van der Waals surface area contributed by atoms with Gasteiger partial charge in [0.15, 0.2) is 5.11 Å². The van der Waals surface area contributed by atoms with Gasteiger partial charge in [-0.15, -0.1) is 0 Å². The molecular formula is C14H18N2O2S. The summed E-state index contributed by atoms with van der Waals surface area (Å²) in [6.07, 6.45) is 5.44. The third kappa shape index (κ3) is 3.92. The fraction of sp³-hybridized carbons (Fsp3) is 0.429. The number of hydrogen-bond donors (Lipinski definition) is 2. The fourth-order valence-electron chi connectivity index (χ4n) is 2.30. The number of thiocarbonyl (C=S) groups is 1. The number of nitrogens with two attached hydrogens (primary N) is 1. The lowest BCUT2D eigenvalue weighted by molar-refractivity contribution is 0.0212. The van der Waals surface area contributed by atoms with Gasteiger partial charge in [-0.1, -0.05) is 18.6 Å². The smallest absolute Gasteiger partial charge is 0.340 e. The van der Waals surface area contributed by atoms with Crippen LogP contribution in [0, 0.1) is 0 Å². The van der Waals surface area contributed by atoms with Gasteiger partial charge in [0.2, 0.25) is 0 Å². The topological polar surface area (TPSA) is 64.3 Å². The van der Waals surface area contributed by atoms with Gasteiger partial charge in [0.1, 0.15) is 6.10 Å². The number of rotatable bonds is 3. The minimum absolute atomic E-state index is 0.0409. The number of carbonyl (C=O) groups is 1. The van der Waals surface area contributed by atoms with Crippen molar-refractivity contribution in [2.75, 3.05) is 5.32 Å². The lowest BCUT2D eigenvalue weighted by atomic mass is 9.98. The van der Waals surface area contributed by atoms with E-state index in [1.54, 1.807) is 18.2 Å². The van der Waals surface area contributed by atoms with Crippen molar-refractivity contribution in [1.82, 2.24) is 0 Å². The average Bonchev–Trinajstić information content (AvgIpc) is 2.39. The van der Waals surface area contributed by atoms with E-state index in [4.69, 9.17) is 22.7 Å². The summed E-state index contributed by atoms with van der Waals surface area (Å²) in [5.74, 6) is -0.314. The van der Waals surface area contributed by atoms with Crippen LogP contribution in [0.15, 0.2) is 24.3 Å². The van der Waals surface area contributed by atoms with Crippen LogP contribution in [-0.4, -0.2) is 17.2 Å². The number of hydrogen-bond acceptors (Lipinski definition) is 3. The van der Waals surface area contributed by atoms with Crippen LogP contribution in [0.1, 0.15) is 42.5 Å². The highest BCUT2D eigenvalue weighted by Gasteiger charge is 2.20. The predicted molar refractivity (Wildman–Crippen MR) is 79.1 cm³/mol. The van der Waals surface area contributed by atoms with Gasteiger partial charge in [-0.2, -0.15) is 0 Å². The molecule has 3 N–H and O–H groups in total. The van der Waals surface area contributed by atoms with Gasteiger partial charge in [0.05, 0.1) is 11.3 Å². The Balaban J connectivity index is 2.07. The van der Waals surface area contributed by atoms with Crippen molar-refractivity contribution in [3.8, 4) is 0 Å². The first-order valence-electron chi connectivity index (χ1n) is 6.53. The van der Waals surface area contributed by atoms with E-state index in [0.29, 0.717) is 11.3 Å². The van der Waals surface area contributed by atoms with Crippen molar-refractivity contribution in [1.29, 1.82) is 0 Å². The molecule has 1 aliphatic rings. The minimum atomic E-state index is -0.314. The molecule has 0 heterocycles. The molecule has 2 rings (SSSR count). The van der Waals surface area contributed by atoms with Crippen LogP contribution in [0.5, 0.6) is 0 Å². The van der Waals surface area contributed by atoms with Gasteiger partial charge in [0, 0.05) is 0 Å². The zero-order valence-electron chi connectivity index (χ0n) is 10.7. The van der Waals surface area contributed by atoms with Crippen LogP contribution in [0.25, 0.3) is 0 Å². The van der Waals surface area contributed by atoms with E-state index in [0.717, 1.165) is 25.7 Å². The first kappa shape index (κ1) is 13.8. The summed E-state index contributed by atoms with van der Waals surface area (Å²) in [5.41, 5.74) is 6.51. The molecule has 0 saturated heterocycles. The summed E-state index contributed by atoms with van der Waals surface area (Å²) in [6.45, 7) is 0. The summed E-state index contributed by atoms with van der Waals surface area (Å²) in [5, 5.41) is 2.94. The molecule has 0 spiro atoms. The summed E-state index contributed by atoms with van der Waals surface area (Å²) in [7, 11) is 0. The highest BCUT2D eigenvalue weighted by molar-refractivity contribution is 7.80. The molecule has 5 heteroatoms. The third-order valence-electron chi connectivity index (χ3n) is 3.23. The Bertz CT molecular complexity index is 470. The first-order chi connectivity index (χ1) is 9.16. The zero-order chi connectivity index (χ0) is 13.7. The second-order valence-electron chi connectivity index (χ2n) is 4.70. The molecule has 0 atom stereocenters. The molecule has 0 radical (unpaired) electrons. The predicted octanol–water partition coefficient (Wildman–Crippen LogP) is 2.83. The summed E-state index contributed by atoms with van der Waals surface area (Å²) in [4.78, 5) is 12.2. The second-order valence-corrected chi connectivity index (χ2v) is 5.14. The number of nitrogens with one attached hydrogen (secondary N) is 1. The Hall–Kier alpha value is -1.62. The van der Waals surface area contributed by atoms with Crippen molar-refractivity contribution in [2.45, 2.75) is 38.2 Å². The van der Waals surface area contributed by atoms with Crippen molar-refractivity contribution < 1.29 is 9.53 Å². The van der Waals surface area contributed by atoms with E-state index in [1.807, 2.05) is 6.07 Å². The van der Waals surface area contributed by atoms with Crippen LogP contribution in [0.4, 0.5) is 5.69 Å². The van der Waals surface area contributed by atoms with Crippen LogP contribution in [0.2, 0.25) is 0 Å². The van der Waals surface area contributed by atoms with Gasteiger partial charge in [0.25, 0.3) is 0 Å². The van der Waals surface area contributed by atoms with Crippen molar-refractivity contribution in [3.63, 3.8) is 0 Å². The molecule has 102 valence electrons. The maximum absolute atomic E-state index is 12.2. The Kier molecular flexibility index (Phi) is 4.74. The number of carbonyl (C=O) groups excluding carboxylic acids is 1. The van der Waals surface area contributed by atoms with Crippen LogP contribution < -0.4 is 11.1 Å². The molecule has 4 nitrogen and oxygen atoms in total. The van der Waals surface area contributed by atoms with Gasteiger partial charge in [-0.3, -0.25) is 0 Å². The maximum atomic E-state index is 12.2. The summed E-state index contributed by atoms with van der Waals surface area (Å²) in [6, 6.07) is 7.09. The minimum Gasteiger partial charge on any atom is -0.459 e. The highest BCUT2D eigenvalue weighted by Crippen LogP contribution is 2.23. The van der Waals surface area contributed by atoms with Gasteiger partial charge < -0.3 is 15.8 Å². The third-order valence-corrected chi connectivity index (χ3v) is 3.33. The van der Waals surface area contributed by atoms with Gasteiger partial charge >= 0.3 is 5.97 Å². The molecule has 0 unspecified atom stereocenters. The number of ether oxygens (including phenoxy) is 1. The molecule has 0 aliphatic heterocycles. The maximum Gasteiger partial charge on any atom is 0.340 e. The molecule has 1 saturated carbocycles. The van der Waals surface area contributed by atoms with E-state index in [9.17, 15) is 4.79 Å². The van der Waals surface area contributed by atoms with E-state index < -0.39 is 0 Å². The SMILES string of the molecule is NC(=S)Nc1ccccc1C(=O)OC1CCCCC1. The van der Waals surface area contributed by atoms with Crippen molar-refractivity contribution in [2.24, 2.45) is 5.73 Å². The molecule has 1 aromatic carbocycles. The van der Waals surface area contributed by atoms with Crippen LogP contribution >= 0.6 is 12.2 Å². The quantitative estimate of drug-likeness (QED) is 0.657. The van der Waals surface area contributed by atoms with Crippen molar-refractivity contribution >= 4 is 29.0 Å². The van der Waals surface area contributed by atoms with E-state index in [-0.39, 0.29) is 17.2 Å². The van der Waals surface area contributed by atoms with Crippen LogP contribution in [0.3, 0.4) is 0 Å². The number of esters is 1. The fourth-order valence-corrected chi connectivity index (χ4v) is 2.41. The lowest BCUT2D eigenvalue weighted by Crippen LogP contribution is -2.24. The molecule has 1 aliphatic carbocycles. The largest absolute Gasteiger partial charge is 0.459 e. The lowest BCUT2D eigenvalue weighted by Gasteiger charge is -2.22. The van der Waals surface area contributed by atoms with E-state index >= 15 is 0 Å². The average molecular weight is 278 g/mol. The Labute approximate surface area is 118 Å². The number of anilines is 1. The first-order valence-corrected chi connectivity index (χ1v) is 6.94. The Morgan fingerprint density at radius 3 is 2.63 bits per heavy atom. The molecular weight excluding hydrogens is 260 g/mol. The molecule has 19 heavy (non-hydrogen) atoms. The van der Waals surface area contributed by atoms with Crippen molar-refractivity contribution in [3.05, 3.63) is 29.8 Å². The second kappa shape index (κ2) is 6.52. The highest BCUT2D eigenvalue weighted by atomic mass is 32.1. The summed E-state index contributed by atoms with van der Waals surface area (Å²) >= 11 is 4.80. The van der Waals surface area contributed by atoms with E-state index in [2.05, 4.69) is 5.32 Å². The Morgan fingerprint density at radius 2 is 1.95 bits per heavy atom. The monoisotopic (exact) mass is 278 g/mol. The number of para-hydroxylation sites is 1. The molecule has 0 amide bonds. The molecule has 0 bridgehead atoms. The summed E-state index contributed by atoms with van der Waals surface area (Å²) < 4.78 is 5.54. The van der Waals surface area contributed by atoms with Gasteiger partial charge in [-0.05, 0) is 50.0 Å². The standard InChI is InChI=1S/C14H18N2O2S/c15-14(19)16-12-9-5-4-8-11(12)13(17)18-10-6-2-1-3-7-10/h4-5,8-10H,1-3,6-7H2,(H3,15,16,19). The normalized spacial score (nSPS) is 15.8. The number of benzene rings is 1. The molecule has 1 aromatic rings. The Morgan fingerprint density at radius 1 is 1.26 bits per heavy atom. The van der Waals surface area contributed by atoms with E-state index in [1.165, 1.54) is 6.42 Å². The van der Waals surface area contributed by atoms with Crippen LogP contribution in [-0.2, 0) is 4.74 Å².